The van der Waals surface area contributed by atoms with E-state index in [1.807, 2.05) is 0 Å². The van der Waals surface area contributed by atoms with Crippen molar-refractivity contribution in [3.05, 3.63) is 23.8 Å². The average Bonchev–Trinajstić information content (AvgIpc) is 2.11. The second kappa shape index (κ2) is 4.74. The maximum Gasteiger partial charge on any atom is 0.406 e. The van der Waals surface area contributed by atoms with Crippen LogP contribution in [-0.4, -0.2) is 26.9 Å². The van der Waals surface area contributed by atoms with Gasteiger partial charge in [0.2, 0.25) is 0 Å². The molecule has 1 unspecified atom stereocenters. The van der Waals surface area contributed by atoms with Crippen LogP contribution in [0.15, 0.2) is 23.8 Å². The summed E-state index contributed by atoms with van der Waals surface area (Å²) in [4.78, 5) is 0. The summed E-state index contributed by atoms with van der Waals surface area (Å²) < 4.78 is 96.2. The molecule has 0 aromatic rings. The summed E-state index contributed by atoms with van der Waals surface area (Å²) in [6.07, 6.45) is -11.0. The predicted molar refractivity (Wildman–Crippen MR) is 59.4 cm³/mol. The van der Waals surface area contributed by atoms with Crippen LogP contribution >= 0.6 is 0 Å². The molecule has 10 heteroatoms. The maximum absolute atomic E-state index is 12.7. The molecule has 0 bridgehead atoms. The zero-order valence-corrected chi connectivity index (χ0v) is 10.7. The van der Waals surface area contributed by atoms with Gasteiger partial charge in [0.15, 0.2) is 5.41 Å². The smallest absolute Gasteiger partial charge is 0.305 e. The van der Waals surface area contributed by atoms with E-state index in [1.165, 1.54) is 0 Å². The van der Waals surface area contributed by atoms with Gasteiger partial charge in [-0.15, -0.1) is 0 Å². The minimum absolute atomic E-state index is 0.0130. The molecule has 1 rings (SSSR count). The molecule has 0 saturated heterocycles. The first-order valence-corrected chi connectivity index (χ1v) is 7.35. The molecule has 1 N–H and O–H groups in total. The second-order valence-corrected chi connectivity index (χ2v) is 7.07. The highest BCUT2D eigenvalue weighted by Crippen LogP contribution is 2.56. The van der Waals surface area contributed by atoms with Crippen LogP contribution in [0, 0.1) is 5.41 Å². The van der Waals surface area contributed by atoms with Gasteiger partial charge in [0.25, 0.3) is 0 Å². The van der Waals surface area contributed by atoms with E-state index in [4.69, 9.17) is 4.55 Å². The summed E-state index contributed by atoms with van der Waals surface area (Å²) in [6.45, 7) is 0. The third kappa shape index (κ3) is 3.48. The van der Waals surface area contributed by atoms with Gasteiger partial charge in [-0.2, -0.15) is 26.3 Å². The Balaban J connectivity index is 3.21. The molecule has 19 heavy (non-hydrogen) atoms. The number of rotatable bonds is 2. The Hall–Kier alpha value is -0.610. The number of hydrogen-bond acceptors (Lipinski definition) is 2. The quantitative estimate of drug-likeness (QED) is 0.792. The fraction of sp³-hybridized carbons (Fsp3) is 0.556. The molecule has 0 aromatic carbocycles. The lowest BCUT2D eigenvalue weighted by Gasteiger charge is -2.37. The van der Waals surface area contributed by atoms with Gasteiger partial charge < -0.3 is 4.55 Å². The van der Waals surface area contributed by atoms with Crippen molar-refractivity contribution in [1.82, 2.24) is 0 Å². The van der Waals surface area contributed by atoms with Crippen LogP contribution in [0.4, 0.5) is 26.3 Å². The fourth-order valence-electron chi connectivity index (χ4n) is 1.71. The molecule has 1 aliphatic rings. The molecule has 0 fully saturated rings. The maximum atomic E-state index is 12.7. The van der Waals surface area contributed by atoms with Crippen LogP contribution < -0.4 is 0 Å². The lowest BCUT2D eigenvalue weighted by atomic mass is 9.77. The Bertz CT molecular complexity index is 498. The standard InChI is InChI=1S/C9H8F6O2S2/c10-8(11,12)7(9(13,14)15)3-1-2-6(4-7)5-19(16,17)18/h1-3H,4-5H2,(H,16,17,18). The van der Waals surface area contributed by atoms with E-state index in [0.29, 0.717) is 6.08 Å². The highest BCUT2D eigenvalue weighted by molar-refractivity contribution is 8.29. The van der Waals surface area contributed by atoms with Crippen LogP contribution in [0.1, 0.15) is 6.42 Å². The number of halogens is 6. The monoisotopic (exact) mass is 326 g/mol. The van der Waals surface area contributed by atoms with Crippen LogP contribution in [0.2, 0.25) is 0 Å². The van der Waals surface area contributed by atoms with Crippen molar-refractivity contribution in [1.29, 1.82) is 0 Å². The van der Waals surface area contributed by atoms with Crippen molar-refractivity contribution in [2.24, 2.45) is 5.41 Å². The van der Waals surface area contributed by atoms with E-state index in [9.17, 15) is 30.6 Å². The Kier molecular flexibility index (Phi) is 4.10. The van der Waals surface area contributed by atoms with Crippen LogP contribution in [0.3, 0.4) is 0 Å². The molecular weight excluding hydrogens is 318 g/mol. The van der Waals surface area contributed by atoms with Crippen molar-refractivity contribution >= 4 is 20.0 Å². The molecule has 2 nitrogen and oxygen atoms in total. The Morgan fingerprint density at radius 1 is 1.26 bits per heavy atom. The highest BCUT2D eigenvalue weighted by Gasteiger charge is 2.69. The Morgan fingerprint density at radius 3 is 2.11 bits per heavy atom. The van der Waals surface area contributed by atoms with E-state index in [1.54, 1.807) is 0 Å². The van der Waals surface area contributed by atoms with E-state index in [-0.39, 0.29) is 6.08 Å². The van der Waals surface area contributed by atoms with Crippen molar-refractivity contribution in [2.45, 2.75) is 18.8 Å². The summed E-state index contributed by atoms with van der Waals surface area (Å²) in [6, 6.07) is 0. The van der Waals surface area contributed by atoms with E-state index in [0.717, 1.165) is 6.08 Å². The van der Waals surface area contributed by atoms with Gasteiger partial charge >= 0.3 is 12.4 Å². The third-order valence-corrected chi connectivity index (χ3v) is 3.69. The van der Waals surface area contributed by atoms with Gasteiger partial charge in [0, 0.05) is 11.2 Å². The topological polar surface area (TPSA) is 37.3 Å². The normalized spacial score (nSPS) is 22.8. The highest BCUT2D eigenvalue weighted by atomic mass is 32.8. The first kappa shape index (κ1) is 16.4. The van der Waals surface area contributed by atoms with Gasteiger partial charge in [-0.3, -0.25) is 0 Å². The molecule has 0 spiro atoms. The fourth-order valence-corrected chi connectivity index (χ4v) is 2.83. The summed E-state index contributed by atoms with van der Waals surface area (Å²) >= 11 is 4.08. The minimum Gasteiger partial charge on any atom is -0.305 e. The number of hydrogen-bond donors (Lipinski definition) is 1. The molecule has 0 saturated carbocycles. The molecule has 0 radical (unpaired) electrons. The summed E-state index contributed by atoms with van der Waals surface area (Å²) in [5, 5.41) is 0. The van der Waals surface area contributed by atoms with Crippen molar-refractivity contribution in [3.8, 4) is 0 Å². The first-order valence-electron chi connectivity index (χ1n) is 4.74. The largest absolute Gasteiger partial charge is 0.406 e. The molecule has 1 aliphatic carbocycles. The average molecular weight is 326 g/mol. The summed E-state index contributed by atoms with van der Waals surface area (Å²) in [7, 11) is -3.87. The molecule has 0 amide bonds. The Morgan fingerprint density at radius 2 is 1.74 bits per heavy atom. The van der Waals surface area contributed by atoms with Crippen LogP contribution in [0.25, 0.3) is 0 Å². The van der Waals surface area contributed by atoms with E-state index in [2.05, 4.69) is 11.2 Å². The second-order valence-electron chi connectivity index (χ2n) is 4.05. The molecule has 0 heterocycles. The third-order valence-electron chi connectivity index (χ3n) is 2.60. The van der Waals surface area contributed by atoms with Crippen molar-refractivity contribution in [2.75, 3.05) is 5.75 Å². The lowest BCUT2D eigenvalue weighted by molar-refractivity contribution is -0.321. The van der Waals surface area contributed by atoms with Crippen LogP contribution in [-0.2, 0) is 20.0 Å². The van der Waals surface area contributed by atoms with Crippen LogP contribution in [0.5, 0.6) is 0 Å². The van der Waals surface area contributed by atoms with Gasteiger partial charge in [0.1, 0.15) is 8.77 Å². The molecular formula is C9H8F6O2S2. The van der Waals surface area contributed by atoms with Gasteiger partial charge in [-0.1, -0.05) is 23.8 Å². The van der Waals surface area contributed by atoms with E-state index < -0.39 is 44.3 Å². The molecule has 0 aromatic heterocycles. The van der Waals surface area contributed by atoms with Crippen molar-refractivity contribution < 1.29 is 35.1 Å². The van der Waals surface area contributed by atoms with Gasteiger partial charge in [-0.25, -0.2) is 4.21 Å². The molecule has 0 aliphatic heterocycles. The lowest BCUT2D eigenvalue weighted by Crippen LogP contribution is -2.49. The number of allylic oxidation sites excluding steroid dienone is 3. The predicted octanol–water partition coefficient (Wildman–Crippen LogP) is 3.20. The summed E-state index contributed by atoms with van der Waals surface area (Å²) in [5.74, 6) is -0.902. The minimum atomic E-state index is -5.56. The Labute approximate surface area is 109 Å². The van der Waals surface area contributed by atoms with Gasteiger partial charge in [0.05, 0.1) is 5.75 Å². The zero-order valence-electron chi connectivity index (χ0n) is 9.09. The van der Waals surface area contributed by atoms with E-state index >= 15 is 0 Å². The number of alkyl halides is 6. The first-order chi connectivity index (χ1) is 8.29. The zero-order chi connectivity index (χ0) is 15.1. The summed E-state index contributed by atoms with van der Waals surface area (Å²) in [5.41, 5.74) is -4.50. The molecule has 1 atom stereocenters. The SMILES string of the molecule is O=S(O)(=S)CC1=CC=CC(C(F)(F)F)(C(F)(F)F)C1. The van der Waals surface area contributed by atoms with Crippen molar-refractivity contribution in [3.63, 3.8) is 0 Å². The van der Waals surface area contributed by atoms with Gasteiger partial charge in [-0.05, 0) is 6.42 Å². The molecule has 110 valence electrons.